The highest BCUT2D eigenvalue weighted by Gasteiger charge is 2.16. The monoisotopic (exact) mass is 428 g/mol. The molecule has 32 heavy (non-hydrogen) atoms. The topological polar surface area (TPSA) is 99.4 Å². The third-order valence-electron chi connectivity index (χ3n) is 4.67. The van der Waals surface area contributed by atoms with E-state index in [1.165, 1.54) is 13.2 Å². The number of anilines is 2. The number of methoxy groups -OCH3 is 1. The molecule has 0 aliphatic heterocycles. The second-order valence-corrected chi connectivity index (χ2v) is 6.84. The molecule has 0 unspecified atom stereocenters. The van der Waals surface area contributed by atoms with Gasteiger partial charge in [-0.05, 0) is 35.9 Å². The Balaban J connectivity index is 1.51. The smallest absolute Gasteiger partial charge is 0.311 e. The SMILES string of the molecule is COc1ccc(-c2ccnc(Nc3cccc(OCc4ccccc4)c3)n2)cc1[N+](=O)[O-]. The average Bonchev–Trinajstić information content (AvgIpc) is 2.83. The van der Waals surface area contributed by atoms with Crippen molar-refractivity contribution in [2.24, 2.45) is 0 Å². The predicted octanol–water partition coefficient (Wildman–Crippen LogP) is 5.38. The first-order chi connectivity index (χ1) is 15.6. The molecule has 0 atom stereocenters. The van der Waals surface area contributed by atoms with E-state index in [2.05, 4.69) is 15.3 Å². The minimum Gasteiger partial charge on any atom is -0.490 e. The first-order valence-corrected chi connectivity index (χ1v) is 9.82. The molecule has 0 radical (unpaired) electrons. The molecule has 0 spiro atoms. The highest BCUT2D eigenvalue weighted by Crippen LogP contribution is 2.31. The van der Waals surface area contributed by atoms with E-state index >= 15 is 0 Å². The van der Waals surface area contributed by atoms with Crippen molar-refractivity contribution in [1.29, 1.82) is 0 Å². The van der Waals surface area contributed by atoms with Crippen molar-refractivity contribution in [1.82, 2.24) is 9.97 Å². The summed E-state index contributed by atoms with van der Waals surface area (Å²) in [6, 6.07) is 23.8. The molecule has 0 fully saturated rings. The Kier molecular flexibility index (Phi) is 6.22. The molecule has 0 saturated carbocycles. The Hall–Kier alpha value is -4.46. The maximum absolute atomic E-state index is 11.3. The van der Waals surface area contributed by atoms with Crippen LogP contribution < -0.4 is 14.8 Å². The fourth-order valence-corrected chi connectivity index (χ4v) is 3.11. The van der Waals surface area contributed by atoms with Crippen molar-refractivity contribution in [3.05, 3.63) is 101 Å². The van der Waals surface area contributed by atoms with Crippen molar-refractivity contribution in [2.45, 2.75) is 6.61 Å². The highest BCUT2D eigenvalue weighted by atomic mass is 16.6. The Morgan fingerprint density at radius 2 is 1.84 bits per heavy atom. The molecule has 1 heterocycles. The molecular weight excluding hydrogens is 408 g/mol. The van der Waals surface area contributed by atoms with Gasteiger partial charge in [0.25, 0.3) is 0 Å². The molecule has 1 aromatic heterocycles. The summed E-state index contributed by atoms with van der Waals surface area (Å²) >= 11 is 0. The number of ether oxygens (including phenoxy) is 2. The molecule has 8 heteroatoms. The van der Waals surface area contributed by atoms with E-state index in [4.69, 9.17) is 9.47 Å². The van der Waals surface area contributed by atoms with Crippen LogP contribution in [-0.4, -0.2) is 22.0 Å². The number of nitrogens with zero attached hydrogens (tertiary/aromatic N) is 3. The number of nitro benzene ring substituents is 1. The zero-order chi connectivity index (χ0) is 22.3. The second-order valence-electron chi connectivity index (χ2n) is 6.84. The van der Waals surface area contributed by atoms with Gasteiger partial charge in [0, 0.05) is 29.6 Å². The summed E-state index contributed by atoms with van der Waals surface area (Å²) < 4.78 is 10.9. The molecule has 160 valence electrons. The first-order valence-electron chi connectivity index (χ1n) is 9.82. The lowest BCUT2D eigenvalue weighted by Crippen LogP contribution is -2.00. The van der Waals surface area contributed by atoms with Crippen LogP contribution in [0.2, 0.25) is 0 Å². The summed E-state index contributed by atoms with van der Waals surface area (Å²) in [5.41, 5.74) is 2.85. The van der Waals surface area contributed by atoms with Crippen LogP contribution in [0.4, 0.5) is 17.3 Å². The van der Waals surface area contributed by atoms with Gasteiger partial charge in [-0.2, -0.15) is 0 Å². The molecule has 0 amide bonds. The van der Waals surface area contributed by atoms with Crippen LogP contribution in [0.5, 0.6) is 11.5 Å². The summed E-state index contributed by atoms with van der Waals surface area (Å²) in [6.07, 6.45) is 1.59. The summed E-state index contributed by atoms with van der Waals surface area (Å²) in [5.74, 6) is 1.26. The van der Waals surface area contributed by atoms with Gasteiger partial charge in [0.15, 0.2) is 5.75 Å². The van der Waals surface area contributed by atoms with E-state index in [9.17, 15) is 10.1 Å². The fraction of sp³-hybridized carbons (Fsp3) is 0.0833. The van der Waals surface area contributed by atoms with Crippen LogP contribution >= 0.6 is 0 Å². The molecule has 0 aliphatic carbocycles. The van der Waals surface area contributed by atoms with E-state index in [-0.39, 0.29) is 11.4 Å². The van der Waals surface area contributed by atoms with Gasteiger partial charge in [-0.25, -0.2) is 9.97 Å². The molecule has 0 saturated heterocycles. The van der Waals surface area contributed by atoms with Crippen molar-refractivity contribution in [2.75, 3.05) is 12.4 Å². The van der Waals surface area contributed by atoms with Gasteiger partial charge < -0.3 is 14.8 Å². The molecule has 8 nitrogen and oxygen atoms in total. The van der Waals surface area contributed by atoms with Crippen molar-refractivity contribution in [3.8, 4) is 22.8 Å². The summed E-state index contributed by atoms with van der Waals surface area (Å²) in [6.45, 7) is 0.465. The summed E-state index contributed by atoms with van der Waals surface area (Å²) in [7, 11) is 1.40. The number of hydrogen-bond donors (Lipinski definition) is 1. The van der Waals surface area contributed by atoms with Crippen molar-refractivity contribution >= 4 is 17.3 Å². The van der Waals surface area contributed by atoms with Crippen LogP contribution in [-0.2, 0) is 6.61 Å². The minimum atomic E-state index is -0.483. The van der Waals surface area contributed by atoms with Gasteiger partial charge >= 0.3 is 5.69 Å². The van der Waals surface area contributed by atoms with Crippen molar-refractivity contribution in [3.63, 3.8) is 0 Å². The number of nitrogens with one attached hydrogen (secondary N) is 1. The number of aromatic nitrogens is 2. The van der Waals surface area contributed by atoms with E-state index < -0.39 is 4.92 Å². The largest absolute Gasteiger partial charge is 0.490 e. The summed E-state index contributed by atoms with van der Waals surface area (Å²) in [5, 5.41) is 14.5. The number of benzene rings is 3. The van der Waals surface area contributed by atoms with E-state index in [1.807, 2.05) is 54.6 Å². The van der Waals surface area contributed by atoms with Gasteiger partial charge in [0.05, 0.1) is 17.7 Å². The van der Waals surface area contributed by atoms with Gasteiger partial charge in [0.2, 0.25) is 5.95 Å². The molecule has 3 aromatic carbocycles. The zero-order valence-corrected chi connectivity index (χ0v) is 17.3. The Bertz CT molecular complexity index is 1230. The molecule has 0 bridgehead atoms. The lowest BCUT2D eigenvalue weighted by atomic mass is 10.1. The molecule has 1 N–H and O–H groups in total. The van der Waals surface area contributed by atoms with Crippen LogP contribution in [0.1, 0.15) is 5.56 Å². The fourth-order valence-electron chi connectivity index (χ4n) is 3.11. The molecule has 4 rings (SSSR count). The average molecular weight is 428 g/mol. The third kappa shape index (κ3) is 4.99. The van der Waals surface area contributed by atoms with Crippen molar-refractivity contribution < 1.29 is 14.4 Å². The zero-order valence-electron chi connectivity index (χ0n) is 17.3. The van der Waals surface area contributed by atoms with Gasteiger partial charge in [0.1, 0.15) is 12.4 Å². The third-order valence-corrected chi connectivity index (χ3v) is 4.67. The van der Waals surface area contributed by atoms with Crippen LogP contribution in [0, 0.1) is 10.1 Å². The number of rotatable bonds is 8. The maximum atomic E-state index is 11.3. The standard InChI is InChI=1S/C24H20N4O4/c1-31-23-11-10-18(14-22(23)28(29)30)21-12-13-25-24(27-21)26-19-8-5-9-20(15-19)32-16-17-6-3-2-4-7-17/h2-15H,16H2,1H3,(H,25,26,27). The normalized spacial score (nSPS) is 10.4. The predicted molar refractivity (Wildman–Crippen MR) is 121 cm³/mol. The van der Waals surface area contributed by atoms with Crippen LogP contribution in [0.25, 0.3) is 11.3 Å². The molecule has 4 aromatic rings. The van der Waals surface area contributed by atoms with Gasteiger partial charge in [-0.3, -0.25) is 10.1 Å². The number of hydrogen-bond acceptors (Lipinski definition) is 7. The Morgan fingerprint density at radius 1 is 1.00 bits per heavy atom. The Labute approximate surface area is 184 Å². The summed E-state index contributed by atoms with van der Waals surface area (Å²) in [4.78, 5) is 19.6. The van der Waals surface area contributed by atoms with E-state index in [1.54, 1.807) is 24.4 Å². The maximum Gasteiger partial charge on any atom is 0.311 e. The molecular formula is C24H20N4O4. The van der Waals surface area contributed by atoms with Crippen LogP contribution in [0.3, 0.4) is 0 Å². The van der Waals surface area contributed by atoms with Gasteiger partial charge in [-0.15, -0.1) is 0 Å². The quantitative estimate of drug-likeness (QED) is 0.297. The van der Waals surface area contributed by atoms with E-state index in [0.717, 1.165) is 11.3 Å². The molecule has 0 aliphatic rings. The van der Waals surface area contributed by atoms with Crippen LogP contribution in [0.15, 0.2) is 85.1 Å². The first kappa shape index (κ1) is 20.8. The second kappa shape index (κ2) is 9.57. The van der Waals surface area contributed by atoms with Gasteiger partial charge in [-0.1, -0.05) is 36.4 Å². The lowest BCUT2D eigenvalue weighted by Gasteiger charge is -2.10. The highest BCUT2D eigenvalue weighted by molar-refractivity contribution is 5.67. The minimum absolute atomic E-state index is 0.124. The van der Waals surface area contributed by atoms with E-state index in [0.29, 0.717) is 29.6 Å². The number of nitro groups is 1. The Morgan fingerprint density at radius 3 is 2.62 bits per heavy atom. The lowest BCUT2D eigenvalue weighted by molar-refractivity contribution is -0.385.